The molecule has 2 rings (SSSR count). The summed E-state index contributed by atoms with van der Waals surface area (Å²) in [6, 6.07) is 0. The molecule has 0 saturated carbocycles. The number of methoxy groups -OCH3 is 1. The molecule has 0 aliphatic carbocycles. The summed E-state index contributed by atoms with van der Waals surface area (Å²) in [4.78, 5) is 22.8. The molecule has 82 valence electrons. The van der Waals surface area contributed by atoms with Gasteiger partial charge >= 0.3 is 11.9 Å². The van der Waals surface area contributed by atoms with Crippen LogP contribution in [0, 0.1) is 5.41 Å². The number of carbonyl (C=O) groups excluding carboxylic acids is 2. The number of carbonyl (C=O) groups is 2. The summed E-state index contributed by atoms with van der Waals surface area (Å²) in [6.07, 6.45) is 0.0725. The van der Waals surface area contributed by atoms with Gasteiger partial charge in [-0.05, 0) is 0 Å². The monoisotopic (exact) mass is 212 g/mol. The van der Waals surface area contributed by atoms with Crippen LogP contribution in [0.4, 0.5) is 0 Å². The molecule has 0 aromatic carbocycles. The maximum Gasteiger partial charge on any atom is 0.347 e. The number of cyclic esters (lactones) is 1. The molecule has 0 N–H and O–H groups in total. The Kier molecular flexibility index (Phi) is 2.17. The van der Waals surface area contributed by atoms with E-state index in [2.05, 4.69) is 11.3 Å². The first-order valence-corrected chi connectivity index (χ1v) is 4.71. The molecule has 2 aliphatic rings. The van der Waals surface area contributed by atoms with Crippen LogP contribution in [-0.2, 0) is 23.8 Å². The molecule has 0 amide bonds. The van der Waals surface area contributed by atoms with Crippen LogP contribution in [0.1, 0.15) is 12.8 Å². The number of rotatable bonds is 1. The van der Waals surface area contributed by atoms with Crippen LogP contribution in [-0.4, -0.2) is 31.8 Å². The highest BCUT2D eigenvalue weighted by atomic mass is 16.6. The molecule has 2 fully saturated rings. The summed E-state index contributed by atoms with van der Waals surface area (Å²) >= 11 is 0. The molecule has 2 saturated heterocycles. The second-order valence-electron chi connectivity index (χ2n) is 3.72. The van der Waals surface area contributed by atoms with Crippen molar-refractivity contribution in [3.8, 4) is 0 Å². The summed E-state index contributed by atoms with van der Waals surface area (Å²) < 4.78 is 14.7. The van der Waals surface area contributed by atoms with Crippen molar-refractivity contribution in [1.82, 2.24) is 0 Å². The van der Waals surface area contributed by atoms with Gasteiger partial charge in [0.2, 0.25) is 0 Å². The molecule has 15 heavy (non-hydrogen) atoms. The predicted octanol–water partition coefficient (Wildman–Crippen LogP) is 0.395. The Morgan fingerprint density at radius 3 is 2.93 bits per heavy atom. The third-order valence-electron chi connectivity index (χ3n) is 2.97. The van der Waals surface area contributed by atoms with Crippen LogP contribution in [0.25, 0.3) is 0 Å². The van der Waals surface area contributed by atoms with Gasteiger partial charge in [0.05, 0.1) is 13.7 Å². The summed E-state index contributed by atoms with van der Waals surface area (Å²) in [7, 11) is 1.28. The van der Waals surface area contributed by atoms with Crippen molar-refractivity contribution >= 4 is 11.9 Å². The Bertz CT molecular complexity index is 335. The van der Waals surface area contributed by atoms with Gasteiger partial charge in [0.15, 0.2) is 6.10 Å². The first-order valence-electron chi connectivity index (χ1n) is 4.71. The van der Waals surface area contributed by atoms with E-state index < -0.39 is 17.5 Å². The molecular formula is C10H12O5. The van der Waals surface area contributed by atoms with Gasteiger partial charge in [-0.3, -0.25) is 4.79 Å². The van der Waals surface area contributed by atoms with Gasteiger partial charge in [-0.2, -0.15) is 0 Å². The lowest BCUT2D eigenvalue weighted by molar-refractivity contribution is -0.149. The first kappa shape index (κ1) is 10.0. The zero-order chi connectivity index (χ0) is 11.1. The Labute approximate surface area is 87.0 Å². The van der Waals surface area contributed by atoms with Gasteiger partial charge in [-0.1, -0.05) is 6.58 Å². The molecule has 2 aliphatic heterocycles. The van der Waals surface area contributed by atoms with E-state index in [9.17, 15) is 9.59 Å². The third-order valence-corrected chi connectivity index (χ3v) is 2.97. The van der Waals surface area contributed by atoms with Crippen LogP contribution < -0.4 is 0 Å². The second-order valence-corrected chi connectivity index (χ2v) is 3.72. The highest BCUT2D eigenvalue weighted by Gasteiger charge is 2.56. The van der Waals surface area contributed by atoms with Crippen LogP contribution in [0.5, 0.6) is 0 Å². The molecule has 0 unspecified atom stereocenters. The van der Waals surface area contributed by atoms with Crippen molar-refractivity contribution in [2.45, 2.75) is 18.9 Å². The lowest BCUT2D eigenvalue weighted by Crippen LogP contribution is -2.27. The van der Waals surface area contributed by atoms with Crippen molar-refractivity contribution in [3.63, 3.8) is 0 Å². The van der Waals surface area contributed by atoms with Crippen molar-refractivity contribution in [3.05, 3.63) is 12.3 Å². The van der Waals surface area contributed by atoms with Crippen molar-refractivity contribution < 1.29 is 23.8 Å². The average molecular weight is 212 g/mol. The zero-order valence-corrected chi connectivity index (χ0v) is 8.45. The fourth-order valence-electron chi connectivity index (χ4n) is 2.02. The SMILES string of the molecule is C=C1O[C@H](C(=O)OC)C[C@@]12CCOC2=O. The normalized spacial score (nSPS) is 34.1. The van der Waals surface area contributed by atoms with Crippen molar-refractivity contribution in [2.75, 3.05) is 13.7 Å². The van der Waals surface area contributed by atoms with Gasteiger partial charge in [0.1, 0.15) is 11.2 Å². The Morgan fingerprint density at radius 1 is 1.67 bits per heavy atom. The van der Waals surface area contributed by atoms with Gasteiger partial charge in [-0.25, -0.2) is 4.79 Å². The minimum absolute atomic E-state index is 0.275. The van der Waals surface area contributed by atoms with Crippen LogP contribution in [0.2, 0.25) is 0 Å². The van der Waals surface area contributed by atoms with Crippen molar-refractivity contribution in [1.29, 1.82) is 0 Å². The molecule has 5 nitrogen and oxygen atoms in total. The minimum atomic E-state index is -0.821. The summed E-state index contributed by atoms with van der Waals surface area (Å²) in [6.45, 7) is 4.03. The average Bonchev–Trinajstić information content (AvgIpc) is 2.74. The molecule has 1 spiro atoms. The molecule has 0 aromatic rings. The van der Waals surface area contributed by atoms with E-state index in [0.717, 1.165) is 0 Å². The largest absolute Gasteiger partial charge is 0.482 e. The van der Waals surface area contributed by atoms with E-state index >= 15 is 0 Å². The Morgan fingerprint density at radius 2 is 2.40 bits per heavy atom. The fourth-order valence-corrected chi connectivity index (χ4v) is 2.02. The minimum Gasteiger partial charge on any atom is -0.482 e. The first-order chi connectivity index (χ1) is 7.10. The molecule has 2 heterocycles. The number of hydrogen-bond donors (Lipinski definition) is 0. The zero-order valence-electron chi connectivity index (χ0n) is 8.45. The lowest BCUT2D eigenvalue weighted by Gasteiger charge is -2.14. The highest BCUT2D eigenvalue weighted by Crippen LogP contribution is 2.47. The Balaban J connectivity index is 2.20. The maximum atomic E-state index is 11.6. The summed E-state index contributed by atoms with van der Waals surface area (Å²) in [5.74, 6) is -0.507. The highest BCUT2D eigenvalue weighted by molar-refractivity contribution is 5.85. The molecule has 0 aromatic heterocycles. The quantitative estimate of drug-likeness (QED) is 0.588. The van der Waals surface area contributed by atoms with Gasteiger partial charge in [-0.15, -0.1) is 0 Å². The van der Waals surface area contributed by atoms with Crippen LogP contribution in [0.3, 0.4) is 0 Å². The van der Waals surface area contributed by atoms with Gasteiger partial charge in [0, 0.05) is 12.8 Å². The predicted molar refractivity (Wildman–Crippen MR) is 48.7 cm³/mol. The molecular weight excluding hydrogens is 200 g/mol. The standard InChI is InChI=1S/C10H12O5/c1-6-10(3-4-14-9(10)12)5-7(15-6)8(11)13-2/h7H,1,3-5H2,2H3/t7-,10-/m0/s1. The smallest absolute Gasteiger partial charge is 0.347 e. The van der Waals surface area contributed by atoms with E-state index in [-0.39, 0.29) is 12.4 Å². The second kappa shape index (κ2) is 3.25. The maximum absolute atomic E-state index is 11.6. The van der Waals surface area contributed by atoms with E-state index in [4.69, 9.17) is 9.47 Å². The van der Waals surface area contributed by atoms with Gasteiger partial charge in [0.25, 0.3) is 0 Å². The van der Waals surface area contributed by atoms with E-state index in [1.807, 2.05) is 0 Å². The van der Waals surface area contributed by atoms with E-state index in [1.165, 1.54) is 7.11 Å². The lowest BCUT2D eigenvalue weighted by atomic mass is 9.82. The topological polar surface area (TPSA) is 61.8 Å². The fraction of sp³-hybridized carbons (Fsp3) is 0.600. The number of esters is 2. The number of ether oxygens (including phenoxy) is 3. The van der Waals surface area contributed by atoms with Crippen molar-refractivity contribution in [2.24, 2.45) is 5.41 Å². The van der Waals surface area contributed by atoms with Crippen LogP contribution >= 0.6 is 0 Å². The van der Waals surface area contributed by atoms with E-state index in [1.54, 1.807) is 0 Å². The molecule has 2 atom stereocenters. The molecule has 0 radical (unpaired) electrons. The summed E-state index contributed by atoms with van der Waals surface area (Å²) in [5, 5.41) is 0. The van der Waals surface area contributed by atoms with E-state index in [0.29, 0.717) is 18.8 Å². The van der Waals surface area contributed by atoms with Crippen LogP contribution in [0.15, 0.2) is 12.3 Å². The summed E-state index contributed by atoms with van der Waals surface area (Å²) in [5.41, 5.74) is -0.821. The number of hydrogen-bond acceptors (Lipinski definition) is 5. The Hall–Kier alpha value is -1.52. The van der Waals surface area contributed by atoms with Gasteiger partial charge < -0.3 is 14.2 Å². The molecule has 0 bridgehead atoms. The molecule has 5 heteroatoms. The third kappa shape index (κ3) is 1.30.